The van der Waals surface area contributed by atoms with Crippen LogP contribution in [0, 0.1) is 0 Å². The predicted octanol–water partition coefficient (Wildman–Crippen LogP) is 2.63. The third-order valence-corrected chi connectivity index (χ3v) is 4.90. The molecule has 1 aliphatic rings. The molecule has 2 aromatic heterocycles. The number of carbonyl (C=O) groups excluding carboxylic acids is 1. The van der Waals surface area contributed by atoms with Gasteiger partial charge in [-0.15, -0.1) is 5.10 Å². The van der Waals surface area contributed by atoms with Crippen LogP contribution in [0.2, 0.25) is 0 Å². The maximum atomic E-state index is 10.5. The van der Waals surface area contributed by atoms with Gasteiger partial charge in [-0.05, 0) is 26.0 Å². The average molecular weight is 358 g/mol. The SMILES string of the molecule is CC1CN(c2nn(-c3nc(OC=O)cs3)c3ccccc23)CC(C)O1. The lowest BCUT2D eigenvalue weighted by Gasteiger charge is -2.35. The highest BCUT2D eigenvalue weighted by atomic mass is 32.1. The minimum absolute atomic E-state index is 0.153. The first kappa shape index (κ1) is 16.0. The van der Waals surface area contributed by atoms with Crippen LogP contribution in [0.1, 0.15) is 13.8 Å². The Labute approximate surface area is 148 Å². The number of carbonyl (C=O) groups is 1. The van der Waals surface area contributed by atoms with Crippen molar-refractivity contribution >= 4 is 34.5 Å². The van der Waals surface area contributed by atoms with E-state index in [1.165, 1.54) is 11.3 Å². The summed E-state index contributed by atoms with van der Waals surface area (Å²) in [5.74, 6) is 1.20. The second-order valence-electron chi connectivity index (χ2n) is 6.10. The fourth-order valence-electron chi connectivity index (χ4n) is 3.23. The van der Waals surface area contributed by atoms with E-state index < -0.39 is 0 Å². The summed E-state index contributed by atoms with van der Waals surface area (Å²) in [6.45, 7) is 6.12. The summed E-state index contributed by atoms with van der Waals surface area (Å²) < 4.78 is 12.5. The van der Waals surface area contributed by atoms with E-state index in [1.807, 2.05) is 18.2 Å². The molecule has 0 aliphatic carbocycles. The van der Waals surface area contributed by atoms with Gasteiger partial charge < -0.3 is 14.4 Å². The van der Waals surface area contributed by atoms with Crippen molar-refractivity contribution in [1.82, 2.24) is 14.8 Å². The van der Waals surface area contributed by atoms with Crippen molar-refractivity contribution in [2.75, 3.05) is 18.0 Å². The molecule has 0 N–H and O–H groups in total. The Morgan fingerprint density at radius 3 is 2.80 bits per heavy atom. The molecule has 1 fully saturated rings. The summed E-state index contributed by atoms with van der Waals surface area (Å²) in [5, 5.41) is 8.24. The molecule has 3 heterocycles. The van der Waals surface area contributed by atoms with Gasteiger partial charge in [0.05, 0.1) is 23.1 Å². The standard InChI is InChI=1S/C17H18N4O3S/c1-11-7-20(8-12(2)24-11)16-13-5-3-4-6-14(13)21(19-16)17-18-15(9-25-17)23-10-22/h3-6,9-12H,7-8H2,1-2H3. The monoisotopic (exact) mass is 358 g/mol. The molecule has 0 saturated carbocycles. The fourth-order valence-corrected chi connectivity index (χ4v) is 3.93. The van der Waals surface area contributed by atoms with Crippen LogP contribution in [-0.2, 0) is 9.53 Å². The molecule has 25 heavy (non-hydrogen) atoms. The lowest BCUT2D eigenvalue weighted by molar-refractivity contribution is -0.120. The molecule has 0 amide bonds. The van der Waals surface area contributed by atoms with Gasteiger partial charge in [-0.2, -0.15) is 4.98 Å². The van der Waals surface area contributed by atoms with Crippen molar-refractivity contribution < 1.29 is 14.3 Å². The molecule has 2 unspecified atom stereocenters. The predicted molar refractivity (Wildman–Crippen MR) is 95.7 cm³/mol. The second kappa shape index (κ2) is 6.45. The van der Waals surface area contributed by atoms with Gasteiger partial charge in [-0.3, -0.25) is 4.79 Å². The van der Waals surface area contributed by atoms with Crippen LogP contribution >= 0.6 is 11.3 Å². The van der Waals surface area contributed by atoms with E-state index in [1.54, 1.807) is 10.1 Å². The van der Waals surface area contributed by atoms with Crippen LogP contribution in [0.4, 0.5) is 5.82 Å². The maximum absolute atomic E-state index is 10.5. The Bertz CT molecular complexity index is 896. The molecule has 4 rings (SSSR count). The van der Waals surface area contributed by atoms with E-state index in [0.717, 1.165) is 29.8 Å². The lowest BCUT2D eigenvalue weighted by atomic mass is 10.2. The van der Waals surface area contributed by atoms with Crippen LogP contribution in [0.15, 0.2) is 29.6 Å². The third-order valence-electron chi connectivity index (χ3n) is 4.11. The number of rotatable bonds is 4. The molecule has 1 aliphatic heterocycles. The summed E-state index contributed by atoms with van der Waals surface area (Å²) in [7, 11) is 0. The quantitative estimate of drug-likeness (QED) is 0.668. The molecule has 130 valence electrons. The topological polar surface area (TPSA) is 69.5 Å². The Morgan fingerprint density at radius 1 is 1.28 bits per heavy atom. The van der Waals surface area contributed by atoms with Gasteiger partial charge in [0.1, 0.15) is 0 Å². The zero-order chi connectivity index (χ0) is 17.4. The van der Waals surface area contributed by atoms with E-state index in [4.69, 9.17) is 14.6 Å². The molecule has 0 spiro atoms. The minimum atomic E-state index is 0.153. The van der Waals surface area contributed by atoms with E-state index in [0.29, 0.717) is 11.6 Å². The summed E-state index contributed by atoms with van der Waals surface area (Å²) in [6, 6.07) is 8.06. The van der Waals surface area contributed by atoms with Crippen molar-refractivity contribution in [3.63, 3.8) is 0 Å². The molecule has 1 aromatic carbocycles. The van der Waals surface area contributed by atoms with Crippen LogP contribution in [0.5, 0.6) is 5.88 Å². The number of aromatic nitrogens is 3. The minimum Gasteiger partial charge on any atom is -0.409 e. The number of ether oxygens (including phenoxy) is 2. The van der Waals surface area contributed by atoms with Crippen molar-refractivity contribution in [1.29, 1.82) is 0 Å². The zero-order valence-corrected chi connectivity index (χ0v) is 14.8. The zero-order valence-electron chi connectivity index (χ0n) is 14.0. The molecule has 1 saturated heterocycles. The van der Waals surface area contributed by atoms with Gasteiger partial charge in [0.2, 0.25) is 11.0 Å². The van der Waals surface area contributed by atoms with Crippen LogP contribution < -0.4 is 9.64 Å². The van der Waals surface area contributed by atoms with Crippen molar-refractivity contribution in [2.24, 2.45) is 0 Å². The Morgan fingerprint density at radius 2 is 2.04 bits per heavy atom. The highest BCUT2D eigenvalue weighted by molar-refractivity contribution is 7.12. The van der Waals surface area contributed by atoms with E-state index in [-0.39, 0.29) is 18.1 Å². The molecular formula is C17H18N4O3S. The first-order valence-electron chi connectivity index (χ1n) is 8.10. The summed E-state index contributed by atoms with van der Waals surface area (Å²) in [6.07, 6.45) is 0.306. The summed E-state index contributed by atoms with van der Waals surface area (Å²) in [4.78, 5) is 17.1. The number of nitrogens with zero attached hydrogens (tertiary/aromatic N) is 4. The van der Waals surface area contributed by atoms with Crippen LogP contribution in [0.25, 0.3) is 16.0 Å². The number of para-hydroxylation sites is 1. The Kier molecular flexibility index (Phi) is 4.14. The number of hydrogen-bond donors (Lipinski definition) is 0. The molecule has 2 atom stereocenters. The van der Waals surface area contributed by atoms with Gasteiger partial charge in [0, 0.05) is 18.5 Å². The first-order chi connectivity index (χ1) is 12.2. The van der Waals surface area contributed by atoms with Crippen molar-refractivity contribution in [3.05, 3.63) is 29.6 Å². The molecule has 0 radical (unpaired) electrons. The Hall–Kier alpha value is -2.45. The van der Waals surface area contributed by atoms with E-state index >= 15 is 0 Å². The normalized spacial score (nSPS) is 20.8. The van der Waals surface area contributed by atoms with Gasteiger partial charge in [0.25, 0.3) is 6.47 Å². The van der Waals surface area contributed by atoms with Gasteiger partial charge in [0.15, 0.2) is 5.82 Å². The number of morpholine rings is 1. The average Bonchev–Trinajstić information content (AvgIpc) is 3.18. The Balaban J connectivity index is 1.79. The van der Waals surface area contributed by atoms with E-state index in [2.05, 4.69) is 29.8 Å². The number of anilines is 1. The maximum Gasteiger partial charge on any atom is 0.299 e. The van der Waals surface area contributed by atoms with Gasteiger partial charge in [-0.25, -0.2) is 4.68 Å². The first-order valence-corrected chi connectivity index (χ1v) is 8.98. The van der Waals surface area contributed by atoms with E-state index in [9.17, 15) is 4.79 Å². The lowest BCUT2D eigenvalue weighted by Crippen LogP contribution is -2.45. The van der Waals surface area contributed by atoms with Crippen molar-refractivity contribution in [2.45, 2.75) is 26.1 Å². The smallest absolute Gasteiger partial charge is 0.299 e. The van der Waals surface area contributed by atoms with Gasteiger partial charge in [-0.1, -0.05) is 23.5 Å². The van der Waals surface area contributed by atoms with Crippen LogP contribution in [-0.4, -0.2) is 46.5 Å². The number of hydrogen-bond acceptors (Lipinski definition) is 7. The molecule has 0 bridgehead atoms. The largest absolute Gasteiger partial charge is 0.409 e. The number of benzene rings is 1. The molecular weight excluding hydrogens is 340 g/mol. The highest BCUT2D eigenvalue weighted by Gasteiger charge is 2.26. The summed E-state index contributed by atoms with van der Waals surface area (Å²) in [5.41, 5.74) is 0.969. The molecule has 7 nitrogen and oxygen atoms in total. The van der Waals surface area contributed by atoms with Gasteiger partial charge >= 0.3 is 0 Å². The van der Waals surface area contributed by atoms with Crippen LogP contribution in [0.3, 0.4) is 0 Å². The highest BCUT2D eigenvalue weighted by Crippen LogP contribution is 2.31. The molecule has 8 heteroatoms. The summed E-state index contributed by atoms with van der Waals surface area (Å²) >= 11 is 1.38. The fraction of sp³-hybridized carbons (Fsp3) is 0.353. The second-order valence-corrected chi connectivity index (χ2v) is 6.93. The number of fused-ring (bicyclic) bond motifs is 1. The third kappa shape index (κ3) is 2.98. The molecule has 3 aromatic rings. The number of thiazole rings is 1. The van der Waals surface area contributed by atoms with Crippen molar-refractivity contribution in [3.8, 4) is 11.0 Å².